The van der Waals surface area contributed by atoms with Crippen LogP contribution >= 0.6 is 0 Å². The van der Waals surface area contributed by atoms with Crippen molar-refractivity contribution in [2.24, 2.45) is 5.92 Å². The molecule has 3 atom stereocenters. The highest BCUT2D eigenvalue weighted by atomic mass is 16.5. The van der Waals surface area contributed by atoms with Gasteiger partial charge in [-0.05, 0) is 36.2 Å². The van der Waals surface area contributed by atoms with Crippen LogP contribution in [0.5, 0.6) is 5.88 Å². The molecule has 4 heterocycles. The van der Waals surface area contributed by atoms with Crippen LogP contribution in [-0.4, -0.2) is 52.2 Å². The Morgan fingerprint density at radius 1 is 1.09 bits per heavy atom. The molecule has 2 aliphatic rings. The molecule has 6 rings (SSSR count). The van der Waals surface area contributed by atoms with E-state index in [0.29, 0.717) is 24.9 Å². The maximum Gasteiger partial charge on any atom is 0.317 e. The fraction of sp³-hybridized carbons (Fsp3) is 0.296. The van der Waals surface area contributed by atoms with Crippen LogP contribution in [0, 0.1) is 5.92 Å². The molecule has 0 unspecified atom stereocenters. The number of nitrogens with zero attached hydrogens (tertiary/aromatic N) is 4. The van der Waals surface area contributed by atoms with Crippen molar-refractivity contribution in [3.63, 3.8) is 0 Å². The second kappa shape index (κ2) is 8.17. The van der Waals surface area contributed by atoms with Gasteiger partial charge in [0.25, 0.3) is 0 Å². The summed E-state index contributed by atoms with van der Waals surface area (Å²) in [6.45, 7) is 4.01. The number of pyridine rings is 1. The van der Waals surface area contributed by atoms with E-state index in [-0.39, 0.29) is 18.0 Å². The van der Waals surface area contributed by atoms with E-state index >= 15 is 0 Å². The minimum Gasteiger partial charge on any atom is -0.481 e. The predicted octanol–water partition coefficient (Wildman–Crippen LogP) is 4.45. The molecule has 0 saturated carbocycles. The maximum atomic E-state index is 12.6. The van der Waals surface area contributed by atoms with Crippen molar-refractivity contribution >= 4 is 17.1 Å². The largest absolute Gasteiger partial charge is 0.481 e. The monoisotopic (exact) mass is 453 g/mol. The average molecular weight is 454 g/mol. The molecule has 2 amide bonds. The fourth-order valence-corrected chi connectivity index (χ4v) is 5.61. The van der Waals surface area contributed by atoms with Gasteiger partial charge in [0.2, 0.25) is 5.88 Å². The lowest BCUT2D eigenvalue weighted by Crippen LogP contribution is -2.39. The first-order valence-corrected chi connectivity index (χ1v) is 11.8. The van der Waals surface area contributed by atoms with E-state index in [1.807, 2.05) is 36.2 Å². The molecule has 7 heteroatoms. The lowest BCUT2D eigenvalue weighted by molar-refractivity contribution is 0.205. The summed E-state index contributed by atoms with van der Waals surface area (Å²) in [6.07, 6.45) is 1.84. The van der Waals surface area contributed by atoms with Crippen LogP contribution in [0.1, 0.15) is 30.3 Å². The van der Waals surface area contributed by atoms with E-state index in [0.717, 1.165) is 34.5 Å². The van der Waals surface area contributed by atoms with Crippen molar-refractivity contribution in [3.05, 3.63) is 78.2 Å². The molecule has 1 N–H and O–H groups in total. The van der Waals surface area contributed by atoms with Crippen molar-refractivity contribution in [2.45, 2.75) is 18.9 Å². The Balaban J connectivity index is 1.46. The second-order valence-corrected chi connectivity index (χ2v) is 9.00. The van der Waals surface area contributed by atoms with E-state index in [1.54, 1.807) is 7.11 Å². The number of nitrogens with one attached hydrogen (secondary N) is 1. The van der Waals surface area contributed by atoms with Crippen LogP contribution in [-0.2, 0) is 0 Å². The smallest absolute Gasteiger partial charge is 0.317 e. The zero-order chi connectivity index (χ0) is 23.2. The van der Waals surface area contributed by atoms with Gasteiger partial charge in [0.05, 0.1) is 24.2 Å². The van der Waals surface area contributed by atoms with Crippen molar-refractivity contribution in [3.8, 4) is 17.0 Å². The molecule has 7 nitrogen and oxygen atoms in total. The Kier molecular flexibility index (Phi) is 4.98. The number of hydrogen-bond acceptors (Lipinski definition) is 4. The number of aromatic nitrogens is 3. The SMILES string of the molecule is CCNC(=O)N1C[C@@H]2[C@H](C1)c1nc3ccc(-c4ccc(OC)nc4)cc3n1[C@@H]2c1ccccc1. The molecule has 2 aliphatic heterocycles. The molecule has 34 heavy (non-hydrogen) atoms. The Bertz CT molecular complexity index is 1350. The normalized spacial score (nSPS) is 20.9. The van der Waals surface area contributed by atoms with Gasteiger partial charge in [-0.2, -0.15) is 0 Å². The Morgan fingerprint density at radius 2 is 1.91 bits per heavy atom. The van der Waals surface area contributed by atoms with Crippen molar-refractivity contribution in [1.29, 1.82) is 0 Å². The van der Waals surface area contributed by atoms with Crippen molar-refractivity contribution in [1.82, 2.24) is 24.8 Å². The topological polar surface area (TPSA) is 72.3 Å². The van der Waals surface area contributed by atoms with E-state index in [9.17, 15) is 4.79 Å². The highest BCUT2D eigenvalue weighted by molar-refractivity contribution is 5.83. The number of imidazole rings is 1. The molecule has 1 fully saturated rings. The van der Waals surface area contributed by atoms with Gasteiger partial charge in [0.1, 0.15) is 5.82 Å². The molecular weight excluding hydrogens is 426 g/mol. The number of fused-ring (bicyclic) bond motifs is 5. The Morgan fingerprint density at radius 3 is 2.65 bits per heavy atom. The summed E-state index contributed by atoms with van der Waals surface area (Å²) in [5.41, 5.74) is 5.49. The lowest BCUT2D eigenvalue weighted by Gasteiger charge is -2.24. The minimum absolute atomic E-state index is 0.0145. The third-order valence-electron chi connectivity index (χ3n) is 7.13. The van der Waals surface area contributed by atoms with Crippen molar-refractivity contribution in [2.75, 3.05) is 26.7 Å². The number of urea groups is 1. The molecule has 2 aromatic carbocycles. The summed E-state index contributed by atoms with van der Waals surface area (Å²) in [5, 5.41) is 2.96. The van der Waals surface area contributed by atoms with E-state index in [4.69, 9.17) is 9.72 Å². The zero-order valence-electron chi connectivity index (χ0n) is 19.3. The third kappa shape index (κ3) is 3.22. The predicted molar refractivity (Wildman–Crippen MR) is 131 cm³/mol. The highest BCUT2D eigenvalue weighted by Gasteiger charge is 2.49. The number of benzene rings is 2. The Labute approximate surface area is 198 Å². The summed E-state index contributed by atoms with van der Waals surface area (Å²) in [4.78, 5) is 24.0. The maximum absolute atomic E-state index is 12.6. The molecular formula is C27H27N5O2. The molecule has 172 valence electrons. The molecule has 1 saturated heterocycles. The fourth-order valence-electron chi connectivity index (χ4n) is 5.61. The molecule has 4 aromatic rings. The molecule has 2 aromatic heterocycles. The van der Waals surface area contributed by atoms with Gasteiger partial charge in [0.15, 0.2) is 0 Å². The van der Waals surface area contributed by atoms with Gasteiger partial charge in [-0.3, -0.25) is 0 Å². The first-order valence-electron chi connectivity index (χ1n) is 11.8. The highest BCUT2D eigenvalue weighted by Crippen LogP contribution is 2.50. The first-order chi connectivity index (χ1) is 16.7. The summed E-state index contributed by atoms with van der Waals surface area (Å²) in [7, 11) is 1.62. The van der Waals surface area contributed by atoms with Gasteiger partial charge in [-0.25, -0.2) is 14.8 Å². The second-order valence-electron chi connectivity index (χ2n) is 9.00. The molecule has 0 radical (unpaired) electrons. The molecule has 0 bridgehead atoms. The number of amides is 2. The van der Waals surface area contributed by atoms with Gasteiger partial charge < -0.3 is 19.5 Å². The first kappa shape index (κ1) is 20.7. The number of carbonyl (C=O) groups excluding carboxylic acids is 1. The third-order valence-corrected chi connectivity index (χ3v) is 7.13. The van der Waals surface area contributed by atoms with Gasteiger partial charge in [-0.15, -0.1) is 0 Å². The van der Waals surface area contributed by atoms with E-state index in [2.05, 4.69) is 57.3 Å². The zero-order valence-corrected chi connectivity index (χ0v) is 19.3. The van der Waals surface area contributed by atoms with Gasteiger partial charge in [0, 0.05) is 49.3 Å². The number of carbonyl (C=O) groups is 1. The van der Waals surface area contributed by atoms with Crippen LogP contribution in [0.2, 0.25) is 0 Å². The van der Waals surface area contributed by atoms with E-state index in [1.165, 1.54) is 5.56 Å². The molecule has 0 aliphatic carbocycles. The average Bonchev–Trinajstić information content (AvgIpc) is 3.54. The number of methoxy groups -OCH3 is 1. The molecule has 0 spiro atoms. The summed E-state index contributed by atoms with van der Waals surface area (Å²) in [5.74, 6) is 2.18. The van der Waals surface area contributed by atoms with Crippen LogP contribution < -0.4 is 10.1 Å². The van der Waals surface area contributed by atoms with Crippen LogP contribution in [0.4, 0.5) is 4.79 Å². The van der Waals surface area contributed by atoms with Gasteiger partial charge in [-0.1, -0.05) is 36.4 Å². The standard InChI is InChI=1S/C27H27N5O2/c1-3-28-27(33)31-15-20-21(16-31)26-30-22-11-9-18(19-10-12-24(34-2)29-14-19)13-23(22)32(26)25(20)17-7-5-4-6-8-17/h4-14,20-21,25H,3,15-16H2,1-2H3,(H,28,33)/t20-,21+,25-/m1/s1. The van der Waals surface area contributed by atoms with Crippen LogP contribution in [0.3, 0.4) is 0 Å². The van der Waals surface area contributed by atoms with Crippen LogP contribution in [0.25, 0.3) is 22.2 Å². The summed E-state index contributed by atoms with van der Waals surface area (Å²) < 4.78 is 7.62. The quantitative estimate of drug-likeness (QED) is 0.495. The van der Waals surface area contributed by atoms with Crippen LogP contribution in [0.15, 0.2) is 66.9 Å². The Hall–Kier alpha value is -3.87. The van der Waals surface area contributed by atoms with Gasteiger partial charge >= 0.3 is 6.03 Å². The number of likely N-dealkylation sites (tertiary alicyclic amines) is 1. The summed E-state index contributed by atoms with van der Waals surface area (Å²) >= 11 is 0. The minimum atomic E-state index is 0.0145. The summed E-state index contributed by atoms with van der Waals surface area (Å²) in [6, 6.07) is 21.1. The number of ether oxygens (including phenoxy) is 1. The lowest BCUT2D eigenvalue weighted by atomic mass is 9.88. The number of rotatable bonds is 4. The van der Waals surface area contributed by atoms with Crippen molar-refractivity contribution < 1.29 is 9.53 Å². The van der Waals surface area contributed by atoms with E-state index < -0.39 is 0 Å². The number of hydrogen-bond donors (Lipinski definition) is 1.